The van der Waals surface area contributed by atoms with Gasteiger partial charge in [0.25, 0.3) is 0 Å². The summed E-state index contributed by atoms with van der Waals surface area (Å²) >= 11 is 1.64. The zero-order valence-corrected chi connectivity index (χ0v) is 14.5. The Kier molecular flexibility index (Phi) is 6.32. The first-order valence-electron chi connectivity index (χ1n) is 7.85. The van der Waals surface area contributed by atoms with Crippen LogP contribution in [0.3, 0.4) is 0 Å². The Hall–Kier alpha value is -1.70. The van der Waals surface area contributed by atoms with Crippen molar-refractivity contribution < 1.29 is 9.59 Å². The summed E-state index contributed by atoms with van der Waals surface area (Å²) in [5.74, 6) is 0.748. The van der Waals surface area contributed by atoms with Crippen molar-refractivity contribution in [3.8, 4) is 0 Å². The summed E-state index contributed by atoms with van der Waals surface area (Å²) in [6.07, 6.45) is 8.33. The fraction of sp³-hybridized carbons (Fsp3) is 0.667. The number of likely N-dealkylation sites (tertiary alicyclic amines) is 1. The van der Waals surface area contributed by atoms with Gasteiger partial charge in [0.2, 0.25) is 5.91 Å². The van der Waals surface area contributed by atoms with Crippen LogP contribution in [-0.2, 0) is 4.79 Å². The van der Waals surface area contributed by atoms with Gasteiger partial charge in [0.1, 0.15) is 6.04 Å². The summed E-state index contributed by atoms with van der Waals surface area (Å²) in [4.78, 5) is 25.7. The zero-order valence-electron chi connectivity index (χ0n) is 13.7. The van der Waals surface area contributed by atoms with E-state index in [0.29, 0.717) is 19.5 Å². The number of nitrogens with zero attached hydrogens (tertiary/aromatic N) is 3. The number of nitrogens with one attached hydrogen (secondary N) is 1. The lowest BCUT2D eigenvalue weighted by Gasteiger charge is -2.35. The van der Waals surface area contributed by atoms with Crippen LogP contribution < -0.4 is 11.1 Å². The Morgan fingerprint density at radius 3 is 2.96 bits per heavy atom. The summed E-state index contributed by atoms with van der Waals surface area (Å²) in [5.41, 5.74) is 6.32. The molecule has 8 heteroatoms. The zero-order chi connectivity index (χ0) is 16.8. The van der Waals surface area contributed by atoms with Gasteiger partial charge < -0.3 is 16.0 Å². The molecule has 128 valence electrons. The average Bonchev–Trinajstić information content (AvgIpc) is 2.97. The second kappa shape index (κ2) is 8.24. The van der Waals surface area contributed by atoms with Gasteiger partial charge in [-0.3, -0.25) is 9.48 Å². The molecule has 0 bridgehead atoms. The molecule has 0 radical (unpaired) electrons. The number of primary amides is 1. The summed E-state index contributed by atoms with van der Waals surface area (Å²) < 4.78 is 1.94. The molecule has 2 heterocycles. The first-order valence-corrected chi connectivity index (χ1v) is 9.25. The molecule has 0 unspecified atom stereocenters. The number of carbonyl (C=O) groups excluding carboxylic acids is 2. The standard InChI is InChI=1S/C15H25N5O2S/c1-11-8-17-20(9-11)12-4-3-6-19(10-12)14(21)13(5-7-23-2)18-15(16)22/h8-9,12-13H,3-7,10H2,1-2H3,(H3,16,18,22)/t12-,13-/m1/s1. The molecule has 23 heavy (non-hydrogen) atoms. The SMILES string of the molecule is CSCC[C@@H](NC(N)=O)C(=O)N1CCC[C@@H](n2cc(C)cn2)C1. The quantitative estimate of drug-likeness (QED) is 0.813. The van der Waals surface area contributed by atoms with Crippen molar-refractivity contribution in [3.63, 3.8) is 0 Å². The number of thioether (sulfide) groups is 1. The monoisotopic (exact) mass is 339 g/mol. The number of hydrogen-bond acceptors (Lipinski definition) is 4. The number of urea groups is 1. The van der Waals surface area contributed by atoms with Crippen molar-refractivity contribution in [2.75, 3.05) is 25.1 Å². The van der Waals surface area contributed by atoms with Crippen molar-refractivity contribution >= 4 is 23.7 Å². The van der Waals surface area contributed by atoms with Crippen molar-refractivity contribution in [1.29, 1.82) is 0 Å². The highest BCUT2D eigenvalue weighted by atomic mass is 32.2. The maximum absolute atomic E-state index is 12.7. The van der Waals surface area contributed by atoms with E-state index >= 15 is 0 Å². The van der Waals surface area contributed by atoms with Crippen molar-refractivity contribution in [3.05, 3.63) is 18.0 Å². The topological polar surface area (TPSA) is 93.2 Å². The Labute approximate surface area is 141 Å². The van der Waals surface area contributed by atoms with Crippen molar-refractivity contribution in [2.45, 2.75) is 38.3 Å². The van der Waals surface area contributed by atoms with E-state index in [9.17, 15) is 9.59 Å². The number of nitrogens with two attached hydrogens (primary N) is 1. The first-order chi connectivity index (χ1) is 11.0. The average molecular weight is 339 g/mol. The molecule has 2 rings (SSSR count). The lowest BCUT2D eigenvalue weighted by molar-refractivity contribution is -0.135. The summed E-state index contributed by atoms with van der Waals surface area (Å²) in [5, 5.41) is 6.94. The number of piperidine rings is 1. The molecule has 3 amide bonds. The number of amides is 3. The van der Waals surface area contributed by atoms with Gasteiger partial charge in [0.05, 0.1) is 12.2 Å². The molecule has 1 aliphatic rings. The summed E-state index contributed by atoms with van der Waals surface area (Å²) in [6, 6.07) is -1.00. The minimum Gasteiger partial charge on any atom is -0.352 e. The van der Waals surface area contributed by atoms with Crippen LogP contribution in [0.1, 0.15) is 30.9 Å². The minimum absolute atomic E-state index is 0.0496. The summed E-state index contributed by atoms with van der Waals surface area (Å²) in [6.45, 7) is 3.34. The first kappa shape index (κ1) is 17.7. The van der Waals surface area contributed by atoms with Gasteiger partial charge in [0, 0.05) is 19.3 Å². The van der Waals surface area contributed by atoms with Gasteiger partial charge in [0.15, 0.2) is 0 Å². The van der Waals surface area contributed by atoms with E-state index in [4.69, 9.17) is 5.73 Å². The molecule has 0 spiro atoms. The van der Waals surface area contributed by atoms with Gasteiger partial charge in [-0.15, -0.1) is 0 Å². The minimum atomic E-state index is -0.652. The maximum Gasteiger partial charge on any atom is 0.312 e. The Balaban J connectivity index is 2.02. The Morgan fingerprint density at radius 1 is 1.57 bits per heavy atom. The van der Waals surface area contributed by atoms with E-state index in [-0.39, 0.29) is 11.9 Å². The van der Waals surface area contributed by atoms with Crippen LogP contribution in [0.15, 0.2) is 12.4 Å². The predicted octanol–water partition coefficient (Wildman–Crippen LogP) is 1.15. The van der Waals surface area contributed by atoms with E-state index in [2.05, 4.69) is 10.4 Å². The molecule has 0 saturated carbocycles. The number of hydrogen-bond donors (Lipinski definition) is 2. The Morgan fingerprint density at radius 2 is 2.35 bits per heavy atom. The van der Waals surface area contributed by atoms with E-state index in [1.807, 2.05) is 35.2 Å². The highest BCUT2D eigenvalue weighted by molar-refractivity contribution is 7.98. The van der Waals surface area contributed by atoms with Crippen LogP contribution in [0, 0.1) is 6.92 Å². The molecular weight excluding hydrogens is 314 g/mol. The lowest BCUT2D eigenvalue weighted by atomic mass is 10.0. The maximum atomic E-state index is 12.7. The molecule has 1 aromatic rings. The largest absolute Gasteiger partial charge is 0.352 e. The molecular formula is C15H25N5O2S. The van der Waals surface area contributed by atoms with Crippen LogP contribution in [0.5, 0.6) is 0 Å². The van der Waals surface area contributed by atoms with Crippen LogP contribution in [-0.4, -0.2) is 57.8 Å². The van der Waals surface area contributed by atoms with Gasteiger partial charge in [-0.2, -0.15) is 16.9 Å². The fourth-order valence-electron chi connectivity index (χ4n) is 2.89. The van der Waals surface area contributed by atoms with Crippen molar-refractivity contribution in [2.24, 2.45) is 5.73 Å². The van der Waals surface area contributed by atoms with E-state index in [0.717, 1.165) is 24.2 Å². The van der Waals surface area contributed by atoms with Crippen LogP contribution in [0.25, 0.3) is 0 Å². The smallest absolute Gasteiger partial charge is 0.312 e. The van der Waals surface area contributed by atoms with Gasteiger partial charge >= 0.3 is 6.03 Å². The molecule has 3 N–H and O–H groups in total. The van der Waals surface area contributed by atoms with Crippen LogP contribution in [0.4, 0.5) is 4.79 Å². The third-order valence-corrected chi connectivity index (χ3v) is 4.68. The summed E-state index contributed by atoms with van der Waals surface area (Å²) in [7, 11) is 0. The predicted molar refractivity (Wildman–Crippen MR) is 91.3 cm³/mol. The molecule has 0 aromatic carbocycles. The number of aryl methyl sites for hydroxylation is 1. The molecule has 0 aliphatic carbocycles. The lowest BCUT2D eigenvalue weighted by Crippen LogP contribution is -2.52. The number of carbonyl (C=O) groups is 2. The van der Waals surface area contributed by atoms with Crippen molar-refractivity contribution in [1.82, 2.24) is 20.0 Å². The third-order valence-electron chi connectivity index (χ3n) is 4.04. The van der Waals surface area contributed by atoms with Crippen LogP contribution >= 0.6 is 11.8 Å². The van der Waals surface area contributed by atoms with E-state index in [1.54, 1.807) is 11.8 Å². The normalized spacial score (nSPS) is 19.4. The second-order valence-corrected chi connectivity index (χ2v) is 6.91. The Bertz CT molecular complexity index is 548. The highest BCUT2D eigenvalue weighted by Crippen LogP contribution is 2.22. The van der Waals surface area contributed by atoms with Gasteiger partial charge in [-0.05, 0) is 43.8 Å². The van der Waals surface area contributed by atoms with Crippen LogP contribution in [0.2, 0.25) is 0 Å². The number of rotatable bonds is 6. The fourth-order valence-corrected chi connectivity index (χ4v) is 3.36. The highest BCUT2D eigenvalue weighted by Gasteiger charge is 2.30. The molecule has 2 atom stereocenters. The van der Waals surface area contributed by atoms with E-state index < -0.39 is 12.1 Å². The molecule has 7 nitrogen and oxygen atoms in total. The third kappa shape index (κ3) is 4.89. The molecule has 1 aliphatic heterocycles. The van der Waals surface area contributed by atoms with E-state index in [1.165, 1.54) is 0 Å². The second-order valence-electron chi connectivity index (χ2n) is 5.92. The van der Waals surface area contributed by atoms with Gasteiger partial charge in [-0.25, -0.2) is 4.79 Å². The van der Waals surface area contributed by atoms with Gasteiger partial charge in [-0.1, -0.05) is 0 Å². The molecule has 1 fully saturated rings. The number of aromatic nitrogens is 2. The molecule has 1 saturated heterocycles. The molecule has 1 aromatic heterocycles.